The zero-order valence-electron chi connectivity index (χ0n) is 25.9. The minimum Gasteiger partial charge on any atom is -0.503 e. The second kappa shape index (κ2) is 10.5. The number of pyridine rings is 2. The standard InChI is InChI=1S/C38H31N3O2S.Pt/c1-37(2,3)22-15-16-39-33(18-22)41-29-10-8-7-9-26(29)27-13-11-25(20-30(27)41)42-24-12-14-32-28(19-24)34-35-31(43-36(34)44-32)17-23(21-40-35)38(4,5)6;/h7-18,21H,1-6H3;/q-2;+2. The van der Waals surface area contributed by atoms with E-state index >= 15 is 0 Å². The molecule has 0 N–H and O–H groups in total. The number of thiophene rings is 1. The Bertz CT molecular complexity index is 2400. The van der Waals surface area contributed by atoms with E-state index in [1.807, 2.05) is 24.5 Å². The van der Waals surface area contributed by atoms with Crippen molar-refractivity contribution in [3.63, 3.8) is 0 Å². The van der Waals surface area contributed by atoms with Crippen LogP contribution in [-0.2, 0) is 31.9 Å². The molecule has 0 saturated heterocycles. The second-order valence-electron chi connectivity index (χ2n) is 13.4. The maximum absolute atomic E-state index is 6.44. The fraction of sp³-hybridized carbons (Fsp3) is 0.211. The molecule has 226 valence electrons. The van der Waals surface area contributed by atoms with Gasteiger partial charge in [-0.15, -0.1) is 29.0 Å². The van der Waals surface area contributed by atoms with Gasteiger partial charge in [0, 0.05) is 29.4 Å². The van der Waals surface area contributed by atoms with Crippen LogP contribution in [0.25, 0.3) is 59.1 Å². The van der Waals surface area contributed by atoms with Crippen molar-refractivity contribution >= 4 is 64.6 Å². The van der Waals surface area contributed by atoms with E-state index in [1.54, 1.807) is 11.3 Å². The van der Waals surface area contributed by atoms with Gasteiger partial charge in [-0.05, 0) is 57.0 Å². The number of benzene rings is 3. The molecule has 45 heavy (non-hydrogen) atoms. The van der Waals surface area contributed by atoms with E-state index in [4.69, 9.17) is 19.1 Å². The summed E-state index contributed by atoms with van der Waals surface area (Å²) in [6.45, 7) is 13.2. The normalized spacial score (nSPS) is 12.5. The van der Waals surface area contributed by atoms with Crippen LogP contribution in [0.4, 0.5) is 0 Å². The van der Waals surface area contributed by atoms with Gasteiger partial charge in [0.2, 0.25) is 0 Å². The van der Waals surface area contributed by atoms with Crippen LogP contribution in [0.2, 0.25) is 0 Å². The minimum atomic E-state index is -0.00856. The van der Waals surface area contributed by atoms with Gasteiger partial charge in [0.1, 0.15) is 16.3 Å². The third-order valence-corrected chi connectivity index (χ3v) is 9.35. The molecule has 0 aliphatic rings. The van der Waals surface area contributed by atoms with Crippen LogP contribution in [0.15, 0.2) is 83.5 Å². The topological polar surface area (TPSA) is 53.1 Å². The first kappa shape index (κ1) is 29.7. The first-order chi connectivity index (χ1) is 21.0. The molecule has 5 aromatic heterocycles. The first-order valence-electron chi connectivity index (χ1n) is 14.8. The largest absolute Gasteiger partial charge is 2.00 e. The van der Waals surface area contributed by atoms with E-state index < -0.39 is 0 Å². The van der Waals surface area contributed by atoms with Crippen molar-refractivity contribution in [2.45, 2.75) is 52.4 Å². The van der Waals surface area contributed by atoms with E-state index in [-0.39, 0.29) is 31.9 Å². The molecule has 5 heterocycles. The van der Waals surface area contributed by atoms with E-state index in [0.29, 0.717) is 11.5 Å². The Morgan fingerprint density at radius 3 is 2.36 bits per heavy atom. The summed E-state index contributed by atoms with van der Waals surface area (Å²) < 4.78 is 16.0. The molecule has 0 aliphatic heterocycles. The molecule has 0 radical (unpaired) electrons. The predicted molar refractivity (Wildman–Crippen MR) is 181 cm³/mol. The SMILES string of the molecule is CC(C)(C)c1ccnc(-n2c3[c-]c(Oc4[c-]c5c(cc4)sc4oc6cc(C(C)(C)C)cnc6c45)ccc3c3ccccc32)c1.[Pt+2]. The van der Waals surface area contributed by atoms with Crippen molar-refractivity contribution in [3.05, 3.63) is 102 Å². The smallest absolute Gasteiger partial charge is 0.503 e. The zero-order valence-corrected chi connectivity index (χ0v) is 29.0. The average molecular weight is 789 g/mol. The number of para-hydroxylation sites is 1. The molecule has 0 unspecified atom stereocenters. The predicted octanol–water partition coefficient (Wildman–Crippen LogP) is 10.7. The molecule has 0 spiro atoms. The number of aromatic nitrogens is 3. The van der Waals surface area contributed by atoms with Gasteiger partial charge in [0.25, 0.3) is 0 Å². The third-order valence-electron chi connectivity index (χ3n) is 8.31. The molecular weight excluding hydrogens is 758 g/mol. The first-order valence-corrected chi connectivity index (χ1v) is 15.6. The summed E-state index contributed by atoms with van der Waals surface area (Å²) in [5.74, 6) is 2.09. The van der Waals surface area contributed by atoms with Crippen molar-refractivity contribution in [2.75, 3.05) is 0 Å². The molecule has 0 atom stereocenters. The zero-order chi connectivity index (χ0) is 30.4. The summed E-state index contributed by atoms with van der Waals surface area (Å²) in [6, 6.07) is 30.0. The van der Waals surface area contributed by atoms with Crippen LogP contribution in [0.3, 0.4) is 0 Å². The van der Waals surface area contributed by atoms with Gasteiger partial charge >= 0.3 is 21.1 Å². The molecular formula is C38H31N3O2PtS. The van der Waals surface area contributed by atoms with Gasteiger partial charge in [0.05, 0.1) is 5.52 Å². The summed E-state index contributed by atoms with van der Waals surface area (Å²) in [5, 5.41) is 4.18. The summed E-state index contributed by atoms with van der Waals surface area (Å²) in [7, 11) is 0. The number of nitrogens with zero attached hydrogens (tertiary/aromatic N) is 3. The van der Waals surface area contributed by atoms with Crippen LogP contribution in [0.5, 0.6) is 11.5 Å². The van der Waals surface area contributed by atoms with E-state index in [1.165, 1.54) is 5.56 Å². The van der Waals surface area contributed by atoms with Gasteiger partial charge in [-0.3, -0.25) is 4.98 Å². The maximum Gasteiger partial charge on any atom is 2.00 e. The monoisotopic (exact) mass is 788 g/mol. The number of hydrogen-bond donors (Lipinski definition) is 0. The number of hydrogen-bond acceptors (Lipinski definition) is 5. The fourth-order valence-corrected chi connectivity index (χ4v) is 6.87. The van der Waals surface area contributed by atoms with E-state index in [9.17, 15) is 0 Å². The summed E-state index contributed by atoms with van der Waals surface area (Å²) in [6.07, 6.45) is 3.84. The average Bonchev–Trinajstić information content (AvgIpc) is 3.63. The number of ether oxygens (including phenoxy) is 1. The van der Waals surface area contributed by atoms with Crippen molar-refractivity contribution in [2.24, 2.45) is 0 Å². The van der Waals surface area contributed by atoms with Crippen LogP contribution in [0.1, 0.15) is 52.7 Å². The van der Waals surface area contributed by atoms with E-state index in [0.717, 1.165) is 64.7 Å². The van der Waals surface area contributed by atoms with Gasteiger partial charge in [-0.2, -0.15) is 17.4 Å². The molecule has 0 fully saturated rings. The quantitative estimate of drug-likeness (QED) is 0.167. The van der Waals surface area contributed by atoms with Crippen molar-refractivity contribution in [1.29, 1.82) is 0 Å². The number of rotatable bonds is 3. The summed E-state index contributed by atoms with van der Waals surface area (Å²) in [4.78, 5) is 10.5. The van der Waals surface area contributed by atoms with Gasteiger partial charge in [-0.25, -0.2) is 4.98 Å². The van der Waals surface area contributed by atoms with Crippen molar-refractivity contribution < 1.29 is 30.2 Å². The van der Waals surface area contributed by atoms with Gasteiger partial charge < -0.3 is 13.7 Å². The van der Waals surface area contributed by atoms with Crippen LogP contribution in [0, 0.1) is 12.1 Å². The molecule has 8 aromatic rings. The van der Waals surface area contributed by atoms with Crippen molar-refractivity contribution in [1.82, 2.24) is 14.5 Å². The van der Waals surface area contributed by atoms with Crippen molar-refractivity contribution in [3.8, 4) is 17.3 Å². The Morgan fingerprint density at radius 2 is 1.56 bits per heavy atom. The second-order valence-corrected chi connectivity index (χ2v) is 14.5. The summed E-state index contributed by atoms with van der Waals surface area (Å²) >= 11 is 1.61. The molecule has 5 nitrogen and oxygen atoms in total. The molecule has 3 aromatic carbocycles. The van der Waals surface area contributed by atoms with Crippen LogP contribution < -0.4 is 4.74 Å². The molecule has 0 amide bonds. The Labute approximate surface area is 280 Å². The molecule has 0 saturated carbocycles. The van der Waals surface area contributed by atoms with E-state index in [2.05, 4.69) is 113 Å². The molecule has 0 aliphatic carbocycles. The number of furan rings is 1. The fourth-order valence-electron chi connectivity index (χ4n) is 5.85. The Morgan fingerprint density at radius 1 is 0.800 bits per heavy atom. The van der Waals surface area contributed by atoms with Crippen LogP contribution >= 0.6 is 11.3 Å². The molecule has 7 heteroatoms. The Kier molecular flexibility index (Phi) is 6.96. The van der Waals surface area contributed by atoms with Gasteiger partial charge in [-0.1, -0.05) is 82.1 Å². The summed E-state index contributed by atoms with van der Waals surface area (Å²) in [5.41, 5.74) is 6.02. The molecule has 8 rings (SSSR count). The maximum atomic E-state index is 6.44. The Balaban J connectivity index is 0.00000325. The third kappa shape index (κ3) is 4.95. The molecule has 0 bridgehead atoms. The van der Waals surface area contributed by atoms with Crippen LogP contribution in [-0.4, -0.2) is 14.5 Å². The Hall–Kier alpha value is -3.99. The minimum absolute atomic E-state index is 0. The number of fused-ring (bicyclic) bond motifs is 8. The van der Waals surface area contributed by atoms with Gasteiger partial charge in [0.15, 0.2) is 0 Å².